The molecule has 0 saturated carbocycles. The van der Waals surface area contributed by atoms with Crippen LogP contribution in [0.3, 0.4) is 0 Å². The molecule has 2 aromatic rings. The van der Waals surface area contributed by atoms with Crippen LogP contribution in [-0.4, -0.2) is 28.1 Å². The van der Waals surface area contributed by atoms with Gasteiger partial charge in [-0.25, -0.2) is 0 Å². The van der Waals surface area contributed by atoms with Crippen LogP contribution in [0.15, 0.2) is 52.1 Å². The maximum absolute atomic E-state index is 10.4. The number of ether oxygens (including phenoxy) is 1. The van der Waals surface area contributed by atoms with Crippen LogP contribution in [0.1, 0.15) is 5.56 Å². The van der Waals surface area contributed by atoms with Crippen LogP contribution in [0, 0.1) is 0 Å². The monoisotopic (exact) mass is 351 g/mol. The van der Waals surface area contributed by atoms with E-state index in [1.54, 1.807) is 24.2 Å². The maximum Gasteiger partial charge on any atom is 0.134 e. The highest BCUT2D eigenvalue weighted by molar-refractivity contribution is 9.10. The molecule has 0 saturated heterocycles. The van der Waals surface area contributed by atoms with Crippen molar-refractivity contribution in [2.75, 3.05) is 5.75 Å². The molecule has 0 bridgehead atoms. The predicted molar refractivity (Wildman–Crippen MR) is 83.2 cm³/mol. The number of hydrogen-bond donors (Lipinski definition) is 1. The van der Waals surface area contributed by atoms with Crippen LogP contribution in [-0.2, 0) is 6.42 Å². The van der Waals surface area contributed by atoms with Gasteiger partial charge >= 0.3 is 0 Å². The number of rotatable bonds is 3. The molecule has 1 aliphatic heterocycles. The minimum atomic E-state index is -0.535. The van der Waals surface area contributed by atoms with E-state index in [1.807, 2.05) is 30.3 Å². The lowest BCUT2D eigenvalue weighted by molar-refractivity contribution is 0.0468. The number of aliphatic hydroxyl groups is 1. The van der Waals surface area contributed by atoms with Gasteiger partial charge in [0.2, 0.25) is 0 Å². The number of thioether (sulfide) groups is 1. The van der Waals surface area contributed by atoms with E-state index >= 15 is 0 Å². The molecule has 5 heteroatoms. The summed E-state index contributed by atoms with van der Waals surface area (Å²) in [5.41, 5.74) is 0.999. The summed E-state index contributed by atoms with van der Waals surface area (Å²) in [5, 5.41) is 10.4. The number of pyridine rings is 1. The van der Waals surface area contributed by atoms with Gasteiger partial charge < -0.3 is 9.84 Å². The lowest BCUT2D eigenvalue weighted by Gasteiger charge is -2.29. The first kappa shape index (κ1) is 13.9. The van der Waals surface area contributed by atoms with E-state index in [-0.39, 0.29) is 6.10 Å². The molecular formula is C15H14BrNO2S. The first-order valence-corrected chi connectivity index (χ1v) is 8.16. The fourth-order valence-electron chi connectivity index (χ4n) is 2.17. The summed E-state index contributed by atoms with van der Waals surface area (Å²) in [5.74, 6) is 1.62. The van der Waals surface area contributed by atoms with Crippen LogP contribution in [0.25, 0.3) is 0 Å². The normalized spacial score (nSPS) is 19.0. The molecule has 0 radical (unpaired) electrons. The number of aliphatic hydroxyl groups excluding tert-OH is 1. The molecule has 1 N–H and O–H groups in total. The van der Waals surface area contributed by atoms with Crippen molar-refractivity contribution < 1.29 is 9.84 Å². The van der Waals surface area contributed by atoms with E-state index in [2.05, 4.69) is 20.9 Å². The highest BCUT2D eigenvalue weighted by Crippen LogP contribution is 2.36. The number of fused-ring (bicyclic) bond motifs is 1. The number of para-hydroxylation sites is 1. The lowest BCUT2D eigenvalue weighted by atomic mass is 10.1. The number of halogens is 1. The highest BCUT2D eigenvalue weighted by Gasteiger charge is 2.26. The molecule has 20 heavy (non-hydrogen) atoms. The summed E-state index contributed by atoms with van der Waals surface area (Å²) in [4.78, 5) is 5.25. The third kappa shape index (κ3) is 3.16. The van der Waals surface area contributed by atoms with Gasteiger partial charge in [0.1, 0.15) is 11.9 Å². The third-order valence-electron chi connectivity index (χ3n) is 3.17. The first-order valence-electron chi connectivity index (χ1n) is 6.38. The molecule has 0 aliphatic carbocycles. The van der Waals surface area contributed by atoms with Gasteiger partial charge in [-0.15, -0.1) is 11.8 Å². The van der Waals surface area contributed by atoms with Crippen molar-refractivity contribution in [2.45, 2.75) is 23.5 Å². The van der Waals surface area contributed by atoms with E-state index < -0.39 is 6.10 Å². The van der Waals surface area contributed by atoms with Gasteiger partial charge in [-0.05, 0) is 39.7 Å². The second-order valence-electron chi connectivity index (χ2n) is 4.70. The molecular weight excluding hydrogens is 338 g/mol. The summed E-state index contributed by atoms with van der Waals surface area (Å²) in [6.07, 6.45) is 3.33. The first-order chi connectivity index (χ1) is 9.72. The van der Waals surface area contributed by atoms with Crippen molar-refractivity contribution in [3.63, 3.8) is 0 Å². The van der Waals surface area contributed by atoms with Gasteiger partial charge in [0, 0.05) is 33.9 Å². The largest absolute Gasteiger partial charge is 0.486 e. The molecule has 1 aliphatic rings. The summed E-state index contributed by atoms with van der Waals surface area (Å²) in [6.45, 7) is 0. The summed E-state index contributed by atoms with van der Waals surface area (Å²) < 4.78 is 6.82. The van der Waals surface area contributed by atoms with E-state index in [4.69, 9.17) is 4.74 Å². The van der Waals surface area contributed by atoms with Crippen LogP contribution >= 0.6 is 27.7 Å². The Bertz CT molecular complexity index is 608. The van der Waals surface area contributed by atoms with Gasteiger partial charge in [0.05, 0.1) is 6.10 Å². The second kappa shape index (κ2) is 6.16. The Morgan fingerprint density at radius 1 is 1.40 bits per heavy atom. The summed E-state index contributed by atoms with van der Waals surface area (Å²) in [7, 11) is 0. The fraction of sp³-hybridized carbons (Fsp3) is 0.267. The Hall–Kier alpha value is -1.04. The number of aromatic nitrogens is 1. The molecule has 0 spiro atoms. The molecule has 3 nitrogen and oxygen atoms in total. The van der Waals surface area contributed by atoms with Gasteiger partial charge in [-0.3, -0.25) is 4.98 Å². The molecule has 0 fully saturated rings. The zero-order valence-electron chi connectivity index (χ0n) is 10.7. The van der Waals surface area contributed by atoms with Gasteiger partial charge in [-0.2, -0.15) is 0 Å². The average molecular weight is 352 g/mol. The summed E-state index contributed by atoms with van der Waals surface area (Å²) >= 11 is 5.12. The molecule has 1 aromatic carbocycles. The second-order valence-corrected chi connectivity index (χ2v) is 6.67. The Morgan fingerprint density at radius 2 is 2.25 bits per heavy atom. The van der Waals surface area contributed by atoms with Crippen molar-refractivity contribution in [3.05, 3.63) is 52.8 Å². The molecule has 2 atom stereocenters. The topological polar surface area (TPSA) is 42.4 Å². The molecule has 3 rings (SSSR count). The van der Waals surface area contributed by atoms with Gasteiger partial charge in [-0.1, -0.05) is 12.1 Å². The third-order valence-corrected chi connectivity index (χ3v) is 4.74. The van der Waals surface area contributed by atoms with Crippen molar-refractivity contribution >= 4 is 27.7 Å². The zero-order chi connectivity index (χ0) is 13.9. The van der Waals surface area contributed by atoms with Crippen LogP contribution in [0.2, 0.25) is 0 Å². The summed E-state index contributed by atoms with van der Waals surface area (Å²) in [6, 6.07) is 9.91. The van der Waals surface area contributed by atoms with Crippen LogP contribution in [0.5, 0.6) is 5.75 Å². The smallest absolute Gasteiger partial charge is 0.134 e. The molecule has 2 unspecified atom stereocenters. The number of nitrogens with zero attached hydrogens (tertiary/aromatic N) is 1. The average Bonchev–Trinajstić information content (AvgIpc) is 2.47. The van der Waals surface area contributed by atoms with Crippen molar-refractivity contribution in [2.24, 2.45) is 0 Å². The molecule has 2 heterocycles. The minimum absolute atomic E-state index is 0.186. The van der Waals surface area contributed by atoms with Crippen LogP contribution in [0.4, 0.5) is 0 Å². The van der Waals surface area contributed by atoms with E-state index in [1.165, 1.54) is 0 Å². The minimum Gasteiger partial charge on any atom is -0.486 e. The van der Waals surface area contributed by atoms with Gasteiger partial charge in [0.15, 0.2) is 0 Å². The van der Waals surface area contributed by atoms with E-state index in [0.29, 0.717) is 6.42 Å². The van der Waals surface area contributed by atoms with Crippen molar-refractivity contribution in [1.82, 2.24) is 4.98 Å². The van der Waals surface area contributed by atoms with E-state index in [0.717, 1.165) is 26.4 Å². The van der Waals surface area contributed by atoms with Gasteiger partial charge in [0.25, 0.3) is 0 Å². The number of benzene rings is 1. The van der Waals surface area contributed by atoms with E-state index in [9.17, 15) is 5.11 Å². The highest BCUT2D eigenvalue weighted by atomic mass is 79.9. The Labute approximate surface area is 130 Å². The lowest BCUT2D eigenvalue weighted by Crippen LogP contribution is -2.37. The maximum atomic E-state index is 10.4. The molecule has 1 aromatic heterocycles. The fourth-order valence-corrected chi connectivity index (χ4v) is 3.65. The quantitative estimate of drug-likeness (QED) is 0.921. The zero-order valence-corrected chi connectivity index (χ0v) is 13.1. The SMILES string of the molecule is OC(Cc1cncc(Br)c1)C1CSc2ccccc2O1. The molecule has 104 valence electrons. The Balaban J connectivity index is 1.68. The predicted octanol–water partition coefficient (Wildman–Crippen LogP) is 3.30. The van der Waals surface area contributed by atoms with Crippen molar-refractivity contribution in [1.29, 1.82) is 0 Å². The Kier molecular flexibility index (Phi) is 4.29. The van der Waals surface area contributed by atoms with Crippen LogP contribution < -0.4 is 4.74 Å². The Morgan fingerprint density at radius 3 is 3.10 bits per heavy atom. The standard InChI is InChI=1S/C15H14BrNO2S/c16-11-5-10(7-17-8-11)6-12(18)14-9-20-15-4-2-1-3-13(15)19-14/h1-5,7-8,12,14,18H,6,9H2. The van der Waals surface area contributed by atoms with Crippen molar-refractivity contribution in [3.8, 4) is 5.75 Å². The number of hydrogen-bond acceptors (Lipinski definition) is 4. The molecule has 0 amide bonds.